The minimum atomic E-state index is -0.549. The van der Waals surface area contributed by atoms with Gasteiger partial charge in [-0.2, -0.15) is 0 Å². The van der Waals surface area contributed by atoms with Crippen LogP contribution in [-0.4, -0.2) is 38.9 Å². The van der Waals surface area contributed by atoms with Crippen molar-refractivity contribution in [3.05, 3.63) is 23.8 Å². The normalized spacial score (nSPS) is 14.7. The molecule has 0 spiro atoms. The van der Waals surface area contributed by atoms with Crippen LogP contribution in [0.4, 0.5) is 0 Å². The Kier molecular flexibility index (Phi) is 5.20. The fourth-order valence-electron chi connectivity index (χ4n) is 1.89. The van der Waals surface area contributed by atoms with Gasteiger partial charge in [0.25, 0.3) is 0 Å². The van der Waals surface area contributed by atoms with Crippen LogP contribution in [0.25, 0.3) is 0 Å². The lowest BCUT2D eigenvalue weighted by molar-refractivity contribution is -0.122. The second-order valence-corrected chi connectivity index (χ2v) is 4.58. The first kappa shape index (κ1) is 14.6. The van der Waals surface area contributed by atoms with E-state index >= 15 is 0 Å². The Hall–Kier alpha value is -1.79. The van der Waals surface area contributed by atoms with Gasteiger partial charge in [0.2, 0.25) is 5.91 Å². The molecule has 20 heavy (non-hydrogen) atoms. The highest BCUT2D eigenvalue weighted by Gasteiger charge is 2.14. The van der Waals surface area contributed by atoms with Crippen molar-refractivity contribution in [1.29, 1.82) is 0 Å². The molecule has 0 saturated carbocycles. The summed E-state index contributed by atoms with van der Waals surface area (Å²) < 4.78 is 15.8. The topological polar surface area (TPSA) is 82.8 Å². The maximum absolute atomic E-state index is 11.8. The van der Waals surface area contributed by atoms with E-state index in [2.05, 4.69) is 5.32 Å². The third-order valence-corrected chi connectivity index (χ3v) is 3.04. The first-order valence-corrected chi connectivity index (χ1v) is 6.61. The molecule has 1 aliphatic rings. The van der Waals surface area contributed by atoms with E-state index in [9.17, 15) is 4.79 Å². The number of carbonyl (C=O) groups is 1. The number of methoxy groups -OCH3 is 1. The first-order chi connectivity index (χ1) is 9.70. The summed E-state index contributed by atoms with van der Waals surface area (Å²) in [5.74, 6) is 1.27. The van der Waals surface area contributed by atoms with Gasteiger partial charge in [-0.1, -0.05) is 6.07 Å². The fraction of sp³-hybridized carbons (Fsp3) is 0.500. The van der Waals surface area contributed by atoms with Gasteiger partial charge < -0.3 is 25.3 Å². The largest absolute Gasteiger partial charge is 0.486 e. The van der Waals surface area contributed by atoms with Gasteiger partial charge in [-0.25, -0.2) is 0 Å². The van der Waals surface area contributed by atoms with E-state index in [4.69, 9.17) is 19.9 Å². The summed E-state index contributed by atoms with van der Waals surface area (Å²) >= 11 is 0. The average Bonchev–Trinajstić information content (AvgIpc) is 2.50. The van der Waals surface area contributed by atoms with Crippen LogP contribution >= 0.6 is 0 Å². The molecule has 1 aliphatic heterocycles. The van der Waals surface area contributed by atoms with E-state index in [-0.39, 0.29) is 5.91 Å². The van der Waals surface area contributed by atoms with Crippen LogP contribution in [0.5, 0.6) is 11.5 Å². The van der Waals surface area contributed by atoms with Crippen LogP contribution in [0.2, 0.25) is 0 Å². The van der Waals surface area contributed by atoms with E-state index in [0.717, 1.165) is 11.3 Å². The van der Waals surface area contributed by atoms with Crippen molar-refractivity contribution in [3.63, 3.8) is 0 Å². The molecule has 0 radical (unpaired) electrons. The van der Waals surface area contributed by atoms with Gasteiger partial charge in [0.1, 0.15) is 13.2 Å². The van der Waals surface area contributed by atoms with Crippen LogP contribution in [0.1, 0.15) is 12.0 Å². The van der Waals surface area contributed by atoms with Crippen molar-refractivity contribution in [1.82, 2.24) is 5.32 Å². The zero-order valence-corrected chi connectivity index (χ0v) is 11.6. The Morgan fingerprint density at radius 1 is 1.40 bits per heavy atom. The molecule has 0 bridgehead atoms. The number of benzene rings is 1. The lowest BCUT2D eigenvalue weighted by Gasteiger charge is -2.19. The maximum atomic E-state index is 11.8. The summed E-state index contributed by atoms with van der Waals surface area (Å²) in [5.41, 5.74) is 6.69. The van der Waals surface area contributed by atoms with Crippen molar-refractivity contribution in [2.45, 2.75) is 19.0 Å². The molecule has 110 valence electrons. The molecule has 0 aliphatic carbocycles. The lowest BCUT2D eigenvalue weighted by atomic mass is 10.1. The predicted octanol–water partition coefficient (Wildman–Crippen LogP) is 0.438. The lowest BCUT2D eigenvalue weighted by Crippen LogP contribution is -2.40. The number of amides is 1. The fourth-order valence-corrected chi connectivity index (χ4v) is 1.89. The Morgan fingerprint density at radius 3 is 2.90 bits per heavy atom. The second kappa shape index (κ2) is 7.12. The third kappa shape index (κ3) is 3.85. The highest BCUT2D eigenvalue weighted by Crippen LogP contribution is 2.30. The number of carbonyl (C=O) groups excluding carboxylic acids is 1. The van der Waals surface area contributed by atoms with Crippen molar-refractivity contribution < 1.29 is 19.0 Å². The third-order valence-electron chi connectivity index (χ3n) is 3.04. The maximum Gasteiger partial charge on any atom is 0.237 e. The minimum absolute atomic E-state index is 0.183. The van der Waals surface area contributed by atoms with E-state index in [0.29, 0.717) is 38.5 Å². The molecular weight excluding hydrogens is 260 g/mol. The van der Waals surface area contributed by atoms with Gasteiger partial charge in [-0.05, 0) is 24.1 Å². The number of ether oxygens (including phenoxy) is 3. The first-order valence-electron chi connectivity index (χ1n) is 6.61. The van der Waals surface area contributed by atoms with Crippen LogP contribution < -0.4 is 20.5 Å². The van der Waals surface area contributed by atoms with Gasteiger partial charge in [0, 0.05) is 20.3 Å². The van der Waals surface area contributed by atoms with E-state index in [1.165, 1.54) is 0 Å². The summed E-state index contributed by atoms with van der Waals surface area (Å²) in [6.07, 6.45) is 0.503. The summed E-state index contributed by atoms with van der Waals surface area (Å²) in [6.45, 7) is 2.00. The molecule has 1 amide bonds. The molecule has 6 heteroatoms. The number of hydrogen-bond donors (Lipinski definition) is 2. The SMILES string of the molecule is COCCC(N)C(=O)NCc1ccc2c(c1)OCCO2. The summed E-state index contributed by atoms with van der Waals surface area (Å²) in [5, 5.41) is 2.80. The Balaban J connectivity index is 1.86. The van der Waals surface area contributed by atoms with Gasteiger partial charge in [0.05, 0.1) is 6.04 Å². The number of fused-ring (bicyclic) bond motifs is 1. The second-order valence-electron chi connectivity index (χ2n) is 4.58. The number of nitrogens with one attached hydrogen (secondary N) is 1. The predicted molar refractivity (Wildman–Crippen MR) is 73.7 cm³/mol. The molecule has 6 nitrogen and oxygen atoms in total. The number of hydrogen-bond acceptors (Lipinski definition) is 5. The van der Waals surface area contributed by atoms with Crippen LogP contribution in [0, 0.1) is 0 Å². The molecule has 3 N–H and O–H groups in total. The van der Waals surface area contributed by atoms with Gasteiger partial charge >= 0.3 is 0 Å². The molecule has 2 rings (SSSR count). The average molecular weight is 280 g/mol. The highest BCUT2D eigenvalue weighted by molar-refractivity contribution is 5.81. The van der Waals surface area contributed by atoms with Crippen molar-refractivity contribution in [3.8, 4) is 11.5 Å². The summed E-state index contributed by atoms with van der Waals surface area (Å²) in [4.78, 5) is 11.8. The Labute approximate surface area is 118 Å². The van der Waals surface area contributed by atoms with Gasteiger partial charge in [-0.15, -0.1) is 0 Å². The molecule has 0 aromatic heterocycles. The molecule has 1 heterocycles. The highest BCUT2D eigenvalue weighted by atomic mass is 16.6. The van der Waals surface area contributed by atoms with Crippen molar-refractivity contribution in [2.24, 2.45) is 5.73 Å². The zero-order chi connectivity index (χ0) is 14.4. The van der Waals surface area contributed by atoms with E-state index in [1.807, 2.05) is 18.2 Å². The van der Waals surface area contributed by atoms with Crippen LogP contribution in [0.15, 0.2) is 18.2 Å². The Morgan fingerprint density at radius 2 is 2.15 bits per heavy atom. The molecule has 1 unspecified atom stereocenters. The number of rotatable bonds is 6. The van der Waals surface area contributed by atoms with E-state index in [1.54, 1.807) is 7.11 Å². The molecule has 1 atom stereocenters. The molecule has 0 fully saturated rings. The standard InChI is InChI=1S/C14H20N2O4/c1-18-5-4-11(15)14(17)16-9-10-2-3-12-13(8-10)20-7-6-19-12/h2-3,8,11H,4-7,9,15H2,1H3,(H,16,17). The van der Waals surface area contributed by atoms with Gasteiger partial charge in [0.15, 0.2) is 11.5 Å². The molecule has 1 aromatic carbocycles. The number of nitrogens with two attached hydrogens (primary N) is 1. The Bertz CT molecular complexity index is 464. The van der Waals surface area contributed by atoms with Crippen LogP contribution in [0.3, 0.4) is 0 Å². The van der Waals surface area contributed by atoms with E-state index < -0.39 is 6.04 Å². The smallest absolute Gasteiger partial charge is 0.237 e. The monoisotopic (exact) mass is 280 g/mol. The van der Waals surface area contributed by atoms with Crippen molar-refractivity contribution >= 4 is 5.91 Å². The van der Waals surface area contributed by atoms with Gasteiger partial charge in [-0.3, -0.25) is 4.79 Å². The molecular formula is C14H20N2O4. The van der Waals surface area contributed by atoms with Crippen LogP contribution in [-0.2, 0) is 16.1 Å². The minimum Gasteiger partial charge on any atom is -0.486 e. The molecule has 1 aromatic rings. The molecule has 0 saturated heterocycles. The summed E-state index contributed by atoms with van der Waals surface area (Å²) in [7, 11) is 1.58. The van der Waals surface area contributed by atoms with Crippen molar-refractivity contribution in [2.75, 3.05) is 26.9 Å². The zero-order valence-electron chi connectivity index (χ0n) is 11.6. The quantitative estimate of drug-likeness (QED) is 0.790. The summed E-state index contributed by atoms with van der Waals surface area (Å²) in [6, 6.07) is 5.07.